The van der Waals surface area contributed by atoms with Gasteiger partial charge in [0.15, 0.2) is 0 Å². The fourth-order valence-corrected chi connectivity index (χ4v) is 4.02. The van der Waals surface area contributed by atoms with Crippen molar-refractivity contribution in [3.8, 4) is 0 Å². The lowest BCUT2D eigenvalue weighted by Gasteiger charge is -2.40. The molecule has 0 spiro atoms. The summed E-state index contributed by atoms with van der Waals surface area (Å²) in [5.74, 6) is -0.0763. The minimum atomic E-state index is -0.134. The van der Waals surface area contributed by atoms with E-state index in [-0.39, 0.29) is 18.0 Å². The van der Waals surface area contributed by atoms with E-state index in [1.54, 1.807) is 36.2 Å². The molecule has 2 aromatic carbocycles. The first-order chi connectivity index (χ1) is 12.5. The second-order valence-electron chi connectivity index (χ2n) is 6.81. The third-order valence-electron chi connectivity index (χ3n) is 5.28. The van der Waals surface area contributed by atoms with Crippen LogP contribution in [0.15, 0.2) is 42.5 Å². The monoisotopic (exact) mass is 369 g/mol. The van der Waals surface area contributed by atoms with Gasteiger partial charge in [-0.05, 0) is 49.2 Å². The highest BCUT2D eigenvalue weighted by Crippen LogP contribution is 2.35. The number of rotatable bonds is 2. The summed E-state index contributed by atoms with van der Waals surface area (Å²) in [6.07, 6.45) is 2.06. The molecule has 0 unspecified atom stereocenters. The van der Waals surface area contributed by atoms with E-state index in [4.69, 9.17) is 11.6 Å². The molecule has 0 bridgehead atoms. The Hall–Kier alpha value is -2.53. The zero-order valence-electron chi connectivity index (χ0n) is 14.8. The lowest BCUT2D eigenvalue weighted by molar-refractivity contribution is 0.0719. The first-order valence-corrected chi connectivity index (χ1v) is 9.06. The minimum absolute atomic E-state index is 0.0581. The molecule has 0 aliphatic carbocycles. The van der Waals surface area contributed by atoms with Crippen LogP contribution in [-0.4, -0.2) is 43.5 Å². The zero-order chi connectivity index (χ0) is 18.4. The number of halogens is 1. The fraction of sp³-hybridized carbons (Fsp3) is 0.300. The standard InChI is InChI=1S/C20H20ClN3O2/c1-22(15-6-3-5-14(21)12-15)19(25)13-8-9-16-17(11-13)23(2)18-7-4-10-24(18)20(16)26/h3,5-6,8-9,11-12,18H,4,7,10H2,1-2H3/t18-/m1/s1. The van der Waals surface area contributed by atoms with E-state index in [9.17, 15) is 9.59 Å². The molecule has 0 radical (unpaired) electrons. The molecule has 0 saturated carbocycles. The fourth-order valence-electron chi connectivity index (χ4n) is 3.84. The molecule has 5 nitrogen and oxygen atoms in total. The van der Waals surface area contributed by atoms with E-state index < -0.39 is 0 Å². The highest BCUT2D eigenvalue weighted by Gasteiger charge is 2.38. The number of hydrogen-bond acceptors (Lipinski definition) is 3. The van der Waals surface area contributed by atoms with E-state index >= 15 is 0 Å². The molecule has 2 aliphatic heterocycles. The van der Waals surface area contributed by atoms with Crippen molar-refractivity contribution >= 4 is 34.8 Å². The summed E-state index contributed by atoms with van der Waals surface area (Å²) < 4.78 is 0. The molecule has 6 heteroatoms. The molecule has 1 saturated heterocycles. The van der Waals surface area contributed by atoms with Gasteiger partial charge in [-0.2, -0.15) is 0 Å². The van der Waals surface area contributed by atoms with Gasteiger partial charge in [0.25, 0.3) is 11.8 Å². The number of benzene rings is 2. The number of carbonyl (C=O) groups is 2. The van der Waals surface area contributed by atoms with E-state index in [1.165, 1.54) is 0 Å². The Labute approximate surface area is 157 Å². The Balaban J connectivity index is 1.68. The molecule has 0 N–H and O–H groups in total. The maximum Gasteiger partial charge on any atom is 0.258 e. The summed E-state index contributed by atoms with van der Waals surface area (Å²) in [5.41, 5.74) is 2.76. The Kier molecular flexibility index (Phi) is 4.11. The molecule has 2 amide bonds. The van der Waals surface area contributed by atoms with Crippen LogP contribution in [0, 0.1) is 0 Å². The van der Waals surface area contributed by atoms with Crippen LogP contribution in [0.3, 0.4) is 0 Å². The normalized spacial score (nSPS) is 18.6. The van der Waals surface area contributed by atoms with Gasteiger partial charge in [0.2, 0.25) is 0 Å². The van der Waals surface area contributed by atoms with Crippen LogP contribution in [0.1, 0.15) is 33.6 Å². The highest BCUT2D eigenvalue weighted by molar-refractivity contribution is 6.31. The van der Waals surface area contributed by atoms with Crippen LogP contribution >= 0.6 is 11.6 Å². The van der Waals surface area contributed by atoms with E-state index in [0.29, 0.717) is 16.1 Å². The van der Waals surface area contributed by atoms with Crippen molar-refractivity contribution in [1.29, 1.82) is 0 Å². The van der Waals surface area contributed by atoms with Crippen LogP contribution in [0.2, 0.25) is 5.02 Å². The molecule has 26 heavy (non-hydrogen) atoms. The number of amides is 2. The summed E-state index contributed by atoms with van der Waals surface area (Å²) in [5, 5.41) is 0.583. The maximum atomic E-state index is 12.9. The van der Waals surface area contributed by atoms with Gasteiger partial charge in [-0.25, -0.2) is 0 Å². The summed E-state index contributed by atoms with van der Waals surface area (Å²) in [6.45, 7) is 0.797. The molecule has 2 aliphatic rings. The Bertz CT molecular complexity index is 898. The van der Waals surface area contributed by atoms with Crippen molar-refractivity contribution < 1.29 is 9.59 Å². The largest absolute Gasteiger partial charge is 0.354 e. The van der Waals surface area contributed by atoms with Crippen molar-refractivity contribution in [2.45, 2.75) is 19.0 Å². The maximum absolute atomic E-state index is 12.9. The number of nitrogens with zero attached hydrogens (tertiary/aromatic N) is 3. The smallest absolute Gasteiger partial charge is 0.258 e. The highest BCUT2D eigenvalue weighted by atomic mass is 35.5. The molecular formula is C20H20ClN3O2. The zero-order valence-corrected chi connectivity index (χ0v) is 15.5. The topological polar surface area (TPSA) is 43.9 Å². The van der Waals surface area contributed by atoms with Gasteiger partial charge in [-0.15, -0.1) is 0 Å². The molecule has 2 heterocycles. The molecule has 4 rings (SSSR count). The number of fused-ring (bicyclic) bond motifs is 2. The predicted molar refractivity (Wildman–Crippen MR) is 103 cm³/mol. The Morgan fingerprint density at radius 3 is 2.81 bits per heavy atom. The first-order valence-electron chi connectivity index (χ1n) is 8.69. The number of anilines is 2. The van der Waals surface area contributed by atoms with E-state index in [2.05, 4.69) is 4.90 Å². The van der Waals surface area contributed by atoms with Gasteiger partial charge in [-0.1, -0.05) is 17.7 Å². The molecule has 0 aromatic heterocycles. The van der Waals surface area contributed by atoms with Crippen LogP contribution in [-0.2, 0) is 0 Å². The molecule has 2 aromatic rings. The number of carbonyl (C=O) groups excluding carboxylic acids is 2. The van der Waals surface area contributed by atoms with Crippen LogP contribution < -0.4 is 9.80 Å². The molecule has 1 fully saturated rings. The lowest BCUT2D eigenvalue weighted by atomic mass is 10.0. The van der Waals surface area contributed by atoms with Crippen LogP contribution in [0.25, 0.3) is 0 Å². The van der Waals surface area contributed by atoms with Gasteiger partial charge in [0.1, 0.15) is 6.17 Å². The predicted octanol–water partition coefficient (Wildman–Crippen LogP) is 3.63. The quantitative estimate of drug-likeness (QED) is 0.812. The third-order valence-corrected chi connectivity index (χ3v) is 5.52. The average molecular weight is 370 g/mol. The lowest BCUT2D eigenvalue weighted by Crippen LogP contribution is -2.50. The van der Waals surface area contributed by atoms with Crippen LogP contribution in [0.4, 0.5) is 11.4 Å². The van der Waals surface area contributed by atoms with E-state index in [0.717, 1.165) is 30.8 Å². The summed E-state index contributed by atoms with van der Waals surface area (Å²) in [7, 11) is 3.71. The molecule has 134 valence electrons. The summed E-state index contributed by atoms with van der Waals surface area (Å²) >= 11 is 6.03. The van der Waals surface area contributed by atoms with Gasteiger partial charge >= 0.3 is 0 Å². The van der Waals surface area contributed by atoms with Crippen molar-refractivity contribution in [3.05, 3.63) is 58.6 Å². The van der Waals surface area contributed by atoms with Crippen molar-refractivity contribution in [2.24, 2.45) is 0 Å². The summed E-state index contributed by atoms with van der Waals surface area (Å²) in [6, 6.07) is 12.5. The van der Waals surface area contributed by atoms with Crippen molar-refractivity contribution in [1.82, 2.24) is 4.90 Å². The molecular weight excluding hydrogens is 350 g/mol. The van der Waals surface area contributed by atoms with Crippen molar-refractivity contribution in [3.63, 3.8) is 0 Å². The third kappa shape index (κ3) is 2.63. The minimum Gasteiger partial charge on any atom is -0.354 e. The number of hydrogen-bond donors (Lipinski definition) is 0. The Morgan fingerprint density at radius 1 is 1.23 bits per heavy atom. The molecule has 1 atom stereocenters. The van der Waals surface area contributed by atoms with Gasteiger partial charge in [-0.3, -0.25) is 9.59 Å². The second kappa shape index (κ2) is 6.32. The second-order valence-corrected chi connectivity index (χ2v) is 7.24. The average Bonchev–Trinajstić information content (AvgIpc) is 3.15. The van der Waals surface area contributed by atoms with Crippen LogP contribution in [0.5, 0.6) is 0 Å². The first kappa shape index (κ1) is 16.9. The Morgan fingerprint density at radius 2 is 2.04 bits per heavy atom. The van der Waals surface area contributed by atoms with Gasteiger partial charge in [0.05, 0.1) is 11.3 Å². The van der Waals surface area contributed by atoms with Gasteiger partial charge < -0.3 is 14.7 Å². The SMILES string of the molecule is CN(C(=O)c1ccc2c(c1)N(C)[C@H]1CCCN1C2=O)c1cccc(Cl)c1. The van der Waals surface area contributed by atoms with Gasteiger partial charge in [0, 0.05) is 36.9 Å². The van der Waals surface area contributed by atoms with E-state index in [1.807, 2.05) is 30.1 Å². The summed E-state index contributed by atoms with van der Waals surface area (Å²) in [4.78, 5) is 31.2. The van der Waals surface area contributed by atoms with Crippen molar-refractivity contribution in [2.75, 3.05) is 30.4 Å².